The first-order valence-corrected chi connectivity index (χ1v) is 11.4. The Hall–Kier alpha value is -1.79. The standard InChI is InChI=1S/C17H32N2O5.3C2H6/c1-8-23-14(20)10-9-13(15(21)18-12(4)11(2)3)19-16(22)24-17(5,6)7;3*1-2/h11-13H,8-10H2,1-7H3,(H,18,21)(H,19,22);3*1-2H3. The van der Waals surface area contributed by atoms with Crippen LogP contribution in [0.2, 0.25) is 0 Å². The first-order valence-electron chi connectivity index (χ1n) is 11.4. The van der Waals surface area contributed by atoms with Gasteiger partial charge in [-0.2, -0.15) is 0 Å². The quantitative estimate of drug-likeness (QED) is 0.495. The number of alkyl carbamates (subject to hydrolysis) is 1. The summed E-state index contributed by atoms with van der Waals surface area (Å²) in [6.45, 7) is 25.1. The van der Waals surface area contributed by atoms with Crippen LogP contribution in [0.3, 0.4) is 0 Å². The number of carbonyl (C=O) groups excluding carboxylic acids is 3. The van der Waals surface area contributed by atoms with Gasteiger partial charge in [0.15, 0.2) is 0 Å². The molecule has 0 rings (SSSR count). The van der Waals surface area contributed by atoms with Crippen LogP contribution < -0.4 is 10.6 Å². The number of carbonyl (C=O) groups is 3. The third-order valence-corrected chi connectivity index (χ3v) is 3.32. The van der Waals surface area contributed by atoms with E-state index in [0.29, 0.717) is 0 Å². The largest absolute Gasteiger partial charge is 0.466 e. The van der Waals surface area contributed by atoms with Gasteiger partial charge in [-0.15, -0.1) is 0 Å². The fourth-order valence-corrected chi connectivity index (χ4v) is 1.71. The molecule has 0 saturated carbocycles. The molecule has 0 fully saturated rings. The van der Waals surface area contributed by atoms with Crippen molar-refractivity contribution in [2.24, 2.45) is 5.92 Å². The Bertz CT molecular complexity index is 432. The maximum atomic E-state index is 12.4. The molecule has 0 aliphatic carbocycles. The summed E-state index contributed by atoms with van der Waals surface area (Å²) in [6, 6.07) is -0.909. The summed E-state index contributed by atoms with van der Waals surface area (Å²) in [5, 5.41) is 5.38. The molecule has 0 aromatic rings. The number of ether oxygens (including phenoxy) is 2. The van der Waals surface area contributed by atoms with Gasteiger partial charge in [0.2, 0.25) is 5.91 Å². The van der Waals surface area contributed by atoms with Gasteiger partial charge in [0.05, 0.1) is 6.61 Å². The predicted octanol–water partition coefficient (Wildman–Crippen LogP) is 5.46. The minimum atomic E-state index is -0.856. The summed E-state index contributed by atoms with van der Waals surface area (Å²) in [6.07, 6.45) is -0.504. The zero-order valence-corrected chi connectivity index (χ0v) is 21.9. The van der Waals surface area contributed by atoms with E-state index < -0.39 is 23.7 Å². The van der Waals surface area contributed by atoms with Gasteiger partial charge >= 0.3 is 12.1 Å². The van der Waals surface area contributed by atoms with Crippen molar-refractivity contribution in [1.82, 2.24) is 10.6 Å². The van der Waals surface area contributed by atoms with Crippen molar-refractivity contribution in [3.63, 3.8) is 0 Å². The monoisotopic (exact) mass is 434 g/mol. The molecule has 0 saturated heterocycles. The Kier molecular flexibility index (Phi) is 26.0. The van der Waals surface area contributed by atoms with Gasteiger partial charge in [0.25, 0.3) is 0 Å². The molecule has 0 heterocycles. The highest BCUT2D eigenvalue weighted by Gasteiger charge is 2.26. The smallest absolute Gasteiger partial charge is 0.408 e. The minimum absolute atomic E-state index is 0.0395. The van der Waals surface area contributed by atoms with E-state index in [9.17, 15) is 14.4 Å². The third-order valence-electron chi connectivity index (χ3n) is 3.32. The zero-order valence-electron chi connectivity index (χ0n) is 21.9. The van der Waals surface area contributed by atoms with E-state index >= 15 is 0 Å². The van der Waals surface area contributed by atoms with Crippen LogP contribution in [0.15, 0.2) is 0 Å². The molecule has 0 radical (unpaired) electrons. The van der Waals surface area contributed by atoms with Crippen molar-refractivity contribution in [2.45, 2.75) is 121 Å². The lowest BCUT2D eigenvalue weighted by atomic mass is 10.0. The molecule has 2 atom stereocenters. The molecular weight excluding hydrogens is 384 g/mol. The number of rotatable bonds is 8. The summed E-state index contributed by atoms with van der Waals surface area (Å²) < 4.78 is 10.0. The molecule has 7 nitrogen and oxygen atoms in total. The van der Waals surface area contributed by atoms with Crippen molar-refractivity contribution in [1.29, 1.82) is 0 Å². The van der Waals surface area contributed by atoms with Crippen molar-refractivity contribution in [3.05, 3.63) is 0 Å². The Morgan fingerprint density at radius 3 is 1.70 bits per heavy atom. The van der Waals surface area contributed by atoms with Gasteiger partial charge in [0.1, 0.15) is 11.6 Å². The predicted molar refractivity (Wildman–Crippen MR) is 126 cm³/mol. The fraction of sp³-hybridized carbons (Fsp3) is 0.870. The van der Waals surface area contributed by atoms with Gasteiger partial charge in [-0.05, 0) is 47.0 Å². The first-order chi connectivity index (χ1) is 14.0. The lowest BCUT2D eigenvalue weighted by Gasteiger charge is -2.25. The van der Waals surface area contributed by atoms with E-state index in [4.69, 9.17) is 9.47 Å². The number of amides is 2. The lowest BCUT2D eigenvalue weighted by Crippen LogP contribution is -2.51. The van der Waals surface area contributed by atoms with Crippen LogP contribution in [0.4, 0.5) is 4.79 Å². The maximum absolute atomic E-state index is 12.4. The molecule has 2 amide bonds. The number of hydrogen-bond donors (Lipinski definition) is 2. The Morgan fingerprint density at radius 1 is 0.867 bits per heavy atom. The number of nitrogens with one attached hydrogen (secondary N) is 2. The van der Waals surface area contributed by atoms with Gasteiger partial charge < -0.3 is 20.1 Å². The molecule has 0 aromatic heterocycles. The van der Waals surface area contributed by atoms with E-state index in [-0.39, 0.29) is 37.3 Å². The summed E-state index contributed by atoms with van der Waals surface area (Å²) >= 11 is 0. The van der Waals surface area contributed by atoms with Crippen LogP contribution in [0.5, 0.6) is 0 Å². The van der Waals surface area contributed by atoms with Crippen LogP contribution >= 0.6 is 0 Å². The summed E-state index contributed by atoms with van der Waals surface area (Å²) in [5.74, 6) is -0.495. The average molecular weight is 435 g/mol. The minimum Gasteiger partial charge on any atom is -0.466 e. The Morgan fingerprint density at radius 2 is 1.33 bits per heavy atom. The Labute approximate surface area is 186 Å². The molecule has 2 N–H and O–H groups in total. The van der Waals surface area contributed by atoms with E-state index in [0.717, 1.165) is 0 Å². The fourth-order valence-electron chi connectivity index (χ4n) is 1.71. The number of hydrogen-bond acceptors (Lipinski definition) is 5. The molecule has 7 heteroatoms. The van der Waals surface area contributed by atoms with Gasteiger partial charge in [-0.3, -0.25) is 9.59 Å². The van der Waals surface area contributed by atoms with Crippen LogP contribution in [-0.2, 0) is 19.1 Å². The summed E-state index contributed by atoms with van der Waals surface area (Å²) in [4.78, 5) is 35.8. The normalized spacial score (nSPS) is 11.7. The van der Waals surface area contributed by atoms with E-state index in [1.54, 1.807) is 27.7 Å². The molecule has 0 bridgehead atoms. The molecule has 182 valence electrons. The third kappa shape index (κ3) is 22.5. The van der Waals surface area contributed by atoms with E-state index in [1.807, 2.05) is 62.3 Å². The highest BCUT2D eigenvalue weighted by molar-refractivity contribution is 5.86. The highest BCUT2D eigenvalue weighted by atomic mass is 16.6. The van der Waals surface area contributed by atoms with Gasteiger partial charge in [-0.1, -0.05) is 55.4 Å². The van der Waals surface area contributed by atoms with Crippen LogP contribution in [-0.4, -0.2) is 42.3 Å². The zero-order chi connectivity index (χ0) is 24.9. The molecule has 0 aliphatic heterocycles. The summed E-state index contributed by atoms with van der Waals surface area (Å²) in [7, 11) is 0. The van der Waals surface area contributed by atoms with E-state index in [2.05, 4.69) is 10.6 Å². The molecule has 30 heavy (non-hydrogen) atoms. The Balaban J connectivity index is -0.000000512. The van der Waals surface area contributed by atoms with Crippen LogP contribution in [0.1, 0.15) is 103 Å². The van der Waals surface area contributed by atoms with Crippen LogP contribution in [0, 0.1) is 5.92 Å². The number of esters is 1. The molecular formula is C23H50N2O5. The average Bonchev–Trinajstić information content (AvgIpc) is 2.68. The summed E-state index contributed by atoms with van der Waals surface area (Å²) in [5.41, 5.74) is -0.669. The van der Waals surface area contributed by atoms with Crippen molar-refractivity contribution in [3.8, 4) is 0 Å². The van der Waals surface area contributed by atoms with Crippen molar-refractivity contribution in [2.75, 3.05) is 6.61 Å². The molecule has 0 aromatic carbocycles. The first kappa shape index (κ1) is 35.6. The second kappa shape index (κ2) is 21.9. The molecule has 0 aliphatic rings. The van der Waals surface area contributed by atoms with Crippen LogP contribution in [0.25, 0.3) is 0 Å². The van der Waals surface area contributed by atoms with Gasteiger partial charge in [-0.25, -0.2) is 4.79 Å². The van der Waals surface area contributed by atoms with Gasteiger partial charge in [0, 0.05) is 12.5 Å². The van der Waals surface area contributed by atoms with Crippen molar-refractivity contribution >= 4 is 18.0 Å². The maximum Gasteiger partial charge on any atom is 0.408 e. The SMILES string of the molecule is CC.CC.CC.CCOC(=O)CCC(NC(=O)OC(C)(C)C)C(=O)NC(C)C(C)C. The second-order valence-corrected chi connectivity index (χ2v) is 7.08. The lowest BCUT2D eigenvalue weighted by molar-refractivity contribution is -0.143. The highest BCUT2D eigenvalue weighted by Crippen LogP contribution is 2.09. The molecule has 2 unspecified atom stereocenters. The van der Waals surface area contributed by atoms with Crippen molar-refractivity contribution < 1.29 is 23.9 Å². The second-order valence-electron chi connectivity index (χ2n) is 7.08. The topological polar surface area (TPSA) is 93.7 Å². The van der Waals surface area contributed by atoms with E-state index in [1.165, 1.54) is 0 Å². The molecule has 0 spiro atoms.